The fourth-order valence-corrected chi connectivity index (χ4v) is 3.33. The Morgan fingerprint density at radius 2 is 1.47 bits per heavy atom. The van der Waals surface area contributed by atoms with Gasteiger partial charge in [0.15, 0.2) is 4.77 Å². The number of hydrogen-bond acceptors (Lipinski definition) is 5. The minimum atomic E-state index is -0.483. The van der Waals surface area contributed by atoms with E-state index in [4.69, 9.17) is 21.7 Å². The number of para-hydroxylation sites is 2. The average Bonchev–Trinajstić information content (AvgIpc) is 2.81. The van der Waals surface area contributed by atoms with Crippen molar-refractivity contribution in [3.8, 4) is 28.8 Å². The van der Waals surface area contributed by atoms with Crippen molar-refractivity contribution >= 4 is 18.3 Å². The summed E-state index contributed by atoms with van der Waals surface area (Å²) in [6.45, 7) is 0.240. The van der Waals surface area contributed by atoms with Crippen LogP contribution in [0.4, 0.5) is 0 Å². The summed E-state index contributed by atoms with van der Waals surface area (Å²) in [4.78, 5) is 15.0. The zero-order valence-corrected chi connectivity index (χ0v) is 17.8. The van der Waals surface area contributed by atoms with E-state index in [9.17, 15) is 9.90 Å². The molecular formula is C25H20N2O4S. The number of H-pyrrole nitrogens is 1. The van der Waals surface area contributed by atoms with E-state index in [2.05, 4.69) is 4.98 Å². The highest BCUT2D eigenvalue weighted by atomic mass is 32.1. The van der Waals surface area contributed by atoms with Gasteiger partial charge in [-0.25, -0.2) is 0 Å². The van der Waals surface area contributed by atoms with Crippen molar-refractivity contribution in [2.24, 2.45) is 0 Å². The molecule has 4 rings (SSSR count). The maximum atomic E-state index is 12.4. The molecule has 0 aliphatic heterocycles. The lowest BCUT2D eigenvalue weighted by Crippen LogP contribution is -2.16. The van der Waals surface area contributed by atoms with E-state index in [0.29, 0.717) is 22.9 Å². The van der Waals surface area contributed by atoms with Gasteiger partial charge in [-0.2, -0.15) is 0 Å². The highest BCUT2D eigenvalue weighted by Gasteiger charge is 2.12. The molecule has 0 aliphatic carbocycles. The van der Waals surface area contributed by atoms with Gasteiger partial charge in [-0.15, -0.1) is 0 Å². The third kappa shape index (κ3) is 4.96. The highest BCUT2D eigenvalue weighted by Crippen LogP contribution is 2.25. The number of nitrogens with one attached hydrogen (secondary N) is 1. The van der Waals surface area contributed by atoms with Gasteiger partial charge >= 0.3 is 0 Å². The van der Waals surface area contributed by atoms with Crippen molar-refractivity contribution in [2.75, 3.05) is 6.61 Å². The first-order valence-electron chi connectivity index (χ1n) is 9.88. The second-order valence-corrected chi connectivity index (χ2v) is 7.15. The number of ether oxygens (including phenoxy) is 2. The predicted octanol–water partition coefficient (Wildman–Crippen LogP) is 5.49. The summed E-state index contributed by atoms with van der Waals surface area (Å²) < 4.78 is 12.9. The molecule has 1 aromatic heterocycles. The number of aromatic amines is 1. The zero-order chi connectivity index (χ0) is 22.3. The number of hydrogen-bond donors (Lipinski definition) is 2. The second-order valence-electron chi connectivity index (χ2n) is 6.77. The lowest BCUT2D eigenvalue weighted by molar-refractivity contribution is 0.363. The summed E-state index contributed by atoms with van der Waals surface area (Å²) in [5.41, 5.74) is 0.183. The molecule has 6 nitrogen and oxygen atoms in total. The molecule has 160 valence electrons. The molecule has 4 aromatic rings. The monoisotopic (exact) mass is 444 g/mol. The van der Waals surface area contributed by atoms with Crippen molar-refractivity contribution in [2.45, 2.75) is 0 Å². The predicted molar refractivity (Wildman–Crippen MR) is 126 cm³/mol. The molecule has 0 fully saturated rings. The van der Waals surface area contributed by atoms with Crippen LogP contribution in [0.1, 0.15) is 5.56 Å². The first kappa shape index (κ1) is 21.1. The number of rotatable bonds is 7. The fourth-order valence-electron chi connectivity index (χ4n) is 3.04. The molecule has 0 amide bonds. The molecule has 0 unspecified atom stereocenters. The minimum Gasteiger partial charge on any atom is -0.494 e. The normalized spacial score (nSPS) is 10.9. The van der Waals surface area contributed by atoms with Crippen molar-refractivity contribution in [3.63, 3.8) is 0 Å². The Labute approximate surface area is 189 Å². The number of aromatic nitrogens is 2. The van der Waals surface area contributed by atoms with Gasteiger partial charge in [0.05, 0.1) is 5.69 Å². The molecular weight excluding hydrogens is 424 g/mol. The number of nitrogens with zero attached hydrogens (tertiary/aromatic N) is 1. The Bertz CT molecular complexity index is 1330. The van der Waals surface area contributed by atoms with E-state index in [1.165, 1.54) is 10.6 Å². The van der Waals surface area contributed by atoms with Gasteiger partial charge in [0.25, 0.3) is 5.56 Å². The molecule has 0 saturated heterocycles. The van der Waals surface area contributed by atoms with E-state index in [1.54, 1.807) is 30.3 Å². The SMILES string of the molecule is O=c1[nH]c(=S)n(-c2ccc(Oc3ccccc3)cc2)c(O)c1C=CCOc1ccccc1. The molecule has 0 spiro atoms. The van der Waals surface area contributed by atoms with Crippen LogP contribution < -0.4 is 15.0 Å². The number of aromatic hydroxyl groups is 1. The van der Waals surface area contributed by atoms with Crippen molar-refractivity contribution in [1.82, 2.24) is 9.55 Å². The van der Waals surface area contributed by atoms with Crippen LogP contribution in [-0.2, 0) is 0 Å². The van der Waals surface area contributed by atoms with Crippen molar-refractivity contribution in [3.05, 3.63) is 112 Å². The van der Waals surface area contributed by atoms with Gasteiger partial charge in [0, 0.05) is 0 Å². The fraction of sp³-hybridized carbons (Fsp3) is 0.0400. The Kier molecular flexibility index (Phi) is 6.48. The van der Waals surface area contributed by atoms with E-state index >= 15 is 0 Å². The third-order valence-corrected chi connectivity index (χ3v) is 4.85. The van der Waals surface area contributed by atoms with E-state index in [0.717, 1.165) is 0 Å². The van der Waals surface area contributed by atoms with Crippen molar-refractivity contribution < 1.29 is 14.6 Å². The van der Waals surface area contributed by atoms with Gasteiger partial charge in [0.1, 0.15) is 29.4 Å². The van der Waals surface area contributed by atoms with Crippen LogP contribution in [0.15, 0.2) is 95.8 Å². The Morgan fingerprint density at radius 1 is 0.875 bits per heavy atom. The van der Waals surface area contributed by atoms with Crippen LogP contribution in [-0.4, -0.2) is 21.3 Å². The molecule has 2 N–H and O–H groups in total. The molecule has 7 heteroatoms. The quantitative estimate of drug-likeness (QED) is 0.369. The molecule has 1 heterocycles. The molecule has 0 saturated carbocycles. The van der Waals surface area contributed by atoms with E-state index in [-0.39, 0.29) is 22.8 Å². The Morgan fingerprint density at radius 3 is 2.12 bits per heavy atom. The van der Waals surface area contributed by atoms with E-state index < -0.39 is 5.56 Å². The second kappa shape index (κ2) is 9.80. The van der Waals surface area contributed by atoms with Gasteiger partial charge in [-0.3, -0.25) is 14.3 Å². The smallest absolute Gasteiger partial charge is 0.262 e. The third-order valence-electron chi connectivity index (χ3n) is 4.57. The van der Waals surface area contributed by atoms with Gasteiger partial charge < -0.3 is 14.6 Å². The first-order valence-corrected chi connectivity index (χ1v) is 10.3. The van der Waals surface area contributed by atoms with Crippen LogP contribution in [0.3, 0.4) is 0 Å². The zero-order valence-electron chi connectivity index (χ0n) is 17.0. The molecule has 0 bridgehead atoms. The van der Waals surface area contributed by atoms with Crippen LogP contribution >= 0.6 is 12.2 Å². The van der Waals surface area contributed by atoms with Crippen LogP contribution in [0.25, 0.3) is 11.8 Å². The minimum absolute atomic E-state index is 0.0832. The molecule has 0 atom stereocenters. The van der Waals surface area contributed by atoms with E-state index in [1.807, 2.05) is 60.7 Å². The maximum Gasteiger partial charge on any atom is 0.262 e. The largest absolute Gasteiger partial charge is 0.494 e. The van der Waals surface area contributed by atoms with Gasteiger partial charge in [-0.1, -0.05) is 36.4 Å². The summed E-state index contributed by atoms with van der Waals surface area (Å²) in [7, 11) is 0. The molecule has 0 aliphatic rings. The topological polar surface area (TPSA) is 76.5 Å². The first-order chi connectivity index (χ1) is 15.6. The van der Waals surface area contributed by atoms with Gasteiger partial charge in [0.2, 0.25) is 5.88 Å². The summed E-state index contributed by atoms with van der Waals surface area (Å²) >= 11 is 5.27. The summed E-state index contributed by atoms with van der Waals surface area (Å²) in [5, 5.41) is 10.8. The van der Waals surface area contributed by atoms with Crippen molar-refractivity contribution in [1.29, 1.82) is 0 Å². The average molecular weight is 445 g/mol. The van der Waals surface area contributed by atoms with Crippen LogP contribution in [0, 0.1) is 4.77 Å². The highest BCUT2D eigenvalue weighted by molar-refractivity contribution is 7.71. The lowest BCUT2D eigenvalue weighted by Gasteiger charge is -2.12. The maximum absolute atomic E-state index is 12.4. The lowest BCUT2D eigenvalue weighted by atomic mass is 10.2. The molecule has 3 aromatic carbocycles. The summed E-state index contributed by atoms with van der Waals surface area (Å²) in [6.07, 6.45) is 3.16. The Hall–Kier alpha value is -4.10. The summed E-state index contributed by atoms with van der Waals surface area (Å²) in [5.74, 6) is 1.80. The molecule has 32 heavy (non-hydrogen) atoms. The summed E-state index contributed by atoms with van der Waals surface area (Å²) in [6, 6.07) is 25.7. The molecule has 0 radical (unpaired) electrons. The van der Waals surface area contributed by atoms with Crippen LogP contribution in [0.2, 0.25) is 0 Å². The van der Waals surface area contributed by atoms with Gasteiger partial charge in [-0.05, 0) is 72.9 Å². The Balaban J connectivity index is 1.56. The number of benzene rings is 3. The standard InChI is InChI=1S/C25H20N2O4S/c28-23-22(12-7-17-30-19-8-3-1-4-9-19)24(29)27(25(32)26-23)18-13-15-21(16-14-18)31-20-10-5-2-6-11-20/h1-16,29H,17H2,(H,26,28,32). The van der Waals surface area contributed by atoms with Crippen LogP contribution in [0.5, 0.6) is 23.1 Å².